The first kappa shape index (κ1) is 62.2. The van der Waals surface area contributed by atoms with Gasteiger partial charge in [-0.05, 0) is 62.6 Å². The third-order valence-electron chi connectivity index (χ3n) is 15.3. The summed E-state index contributed by atoms with van der Waals surface area (Å²) in [6.45, 7) is 4.82. The van der Waals surface area contributed by atoms with Gasteiger partial charge < -0.3 is 58.7 Å². The van der Waals surface area contributed by atoms with Gasteiger partial charge >= 0.3 is 6.03 Å². The Morgan fingerprint density at radius 3 is 2.05 bits per heavy atom. The lowest BCUT2D eigenvalue weighted by atomic mass is 9.84. The van der Waals surface area contributed by atoms with Crippen LogP contribution in [0.25, 0.3) is 10.9 Å². The summed E-state index contributed by atoms with van der Waals surface area (Å²) in [7, 11) is 2.39. The molecule has 2 aliphatic heterocycles. The number of ketones is 1. The van der Waals surface area contributed by atoms with Crippen molar-refractivity contribution in [1.82, 2.24) is 57.1 Å². The predicted molar refractivity (Wildman–Crippen MR) is 314 cm³/mol. The highest BCUT2D eigenvalue weighted by Crippen LogP contribution is 2.34. The Morgan fingerprint density at radius 1 is 0.707 bits per heavy atom. The number of aromatic amines is 2. The first-order valence-corrected chi connectivity index (χ1v) is 30.8. The first-order chi connectivity index (χ1) is 39.5. The van der Waals surface area contributed by atoms with E-state index in [9.17, 15) is 43.2 Å². The molecule has 9 atom stereocenters. The number of nitrogens with zero attached hydrogens (tertiary/aromatic N) is 3. The molecule has 2 aromatic carbocycles. The second-order valence-electron chi connectivity index (χ2n) is 21.5. The van der Waals surface area contributed by atoms with Crippen LogP contribution in [0.4, 0.5) is 4.79 Å². The quantitative estimate of drug-likeness (QED) is 0.0225. The fourth-order valence-electron chi connectivity index (χ4n) is 10.7. The maximum absolute atomic E-state index is 14.9. The molecule has 9 amide bonds. The van der Waals surface area contributed by atoms with E-state index in [1.165, 1.54) is 52.9 Å². The number of nitrogens with two attached hydrogens (primary N) is 2. The fraction of sp³-hybridized carbons (Fsp3) is 0.526. The summed E-state index contributed by atoms with van der Waals surface area (Å²) in [5, 5.41) is 20.6. The number of imidazole rings is 1. The second kappa shape index (κ2) is 30.6. The summed E-state index contributed by atoms with van der Waals surface area (Å²) in [6, 6.07) is 6.24. The molecule has 2 aromatic heterocycles. The fourth-order valence-corrected chi connectivity index (χ4v) is 13.3. The summed E-state index contributed by atoms with van der Waals surface area (Å²) < 4.78 is 0. The monoisotopic (exact) mass is 1170 g/mol. The number of H-pyrrole nitrogens is 2. The van der Waals surface area contributed by atoms with Gasteiger partial charge in [0, 0.05) is 66.3 Å². The number of fused-ring (bicyclic) bond motifs is 1. The lowest BCUT2D eigenvalue weighted by Gasteiger charge is -2.33. The zero-order valence-electron chi connectivity index (χ0n) is 46.7. The highest BCUT2D eigenvalue weighted by Gasteiger charge is 2.47. The van der Waals surface area contributed by atoms with Crippen LogP contribution in [0.1, 0.15) is 108 Å². The molecule has 0 bridgehead atoms. The van der Waals surface area contributed by atoms with Crippen LogP contribution in [0.15, 0.2) is 78.3 Å². The molecule has 1 saturated carbocycles. The number of carbonyl (C=O) groups excluding carboxylic acids is 9. The van der Waals surface area contributed by atoms with Crippen LogP contribution >= 0.6 is 21.6 Å². The number of benzene rings is 2. The van der Waals surface area contributed by atoms with Gasteiger partial charge in [-0.2, -0.15) is 0 Å². The van der Waals surface area contributed by atoms with Crippen molar-refractivity contribution in [3.8, 4) is 0 Å². The molecule has 82 heavy (non-hydrogen) atoms. The Bertz CT molecular complexity index is 2880. The van der Waals surface area contributed by atoms with Crippen LogP contribution in [0.5, 0.6) is 0 Å². The molecule has 0 spiro atoms. The Labute approximate surface area is 485 Å². The highest BCUT2D eigenvalue weighted by molar-refractivity contribution is 8.76. The van der Waals surface area contributed by atoms with Gasteiger partial charge in [0.15, 0.2) is 11.7 Å². The van der Waals surface area contributed by atoms with Crippen molar-refractivity contribution in [3.05, 3.63) is 90.1 Å². The molecule has 0 unspecified atom stereocenters. The lowest BCUT2D eigenvalue weighted by Crippen LogP contribution is -2.60. The number of aromatic nitrogens is 3. The number of aliphatic imine (C=N–C) groups is 1. The minimum absolute atomic E-state index is 0.000643. The third-order valence-corrected chi connectivity index (χ3v) is 17.7. The first-order valence-electron chi connectivity index (χ1n) is 28.3. The van der Waals surface area contributed by atoms with Crippen LogP contribution in [-0.2, 0) is 57.6 Å². The molecular weight excluding hydrogens is 1090 g/mol. The largest absolute Gasteiger partial charge is 0.370 e. The summed E-state index contributed by atoms with van der Waals surface area (Å²) in [6.07, 6.45) is 11.7. The number of Topliss-reactive ketones (excluding diaryl/α,β-unsaturated/α-hetero) is 1. The topological polar surface area (TPSA) is 350 Å². The molecule has 442 valence electrons. The summed E-state index contributed by atoms with van der Waals surface area (Å²) >= 11 is 0. The Morgan fingerprint density at radius 2 is 1.35 bits per heavy atom. The normalized spacial score (nSPS) is 24.7. The lowest BCUT2D eigenvalue weighted by molar-refractivity contribution is -0.136. The number of urea groups is 1. The summed E-state index contributed by atoms with van der Waals surface area (Å²) in [5.74, 6) is -6.22. The minimum Gasteiger partial charge on any atom is -0.370 e. The van der Waals surface area contributed by atoms with Crippen LogP contribution in [-0.4, -0.2) is 145 Å². The van der Waals surface area contributed by atoms with E-state index in [0.29, 0.717) is 36.1 Å². The number of guanidine groups is 1. The minimum atomic E-state index is -1.36. The Kier molecular flexibility index (Phi) is 23.2. The van der Waals surface area contributed by atoms with Crippen LogP contribution in [0, 0.1) is 11.8 Å². The Balaban J connectivity index is 1.26. The standard InChI is InChI=1S/C57H78N14O9S2/c1-4-5-22-48(71-55(79)46(70-57(71)80)25-36-17-10-7-11-18-36)40-30-81-82-31-47(34(3)72)69-53(77)44(26-37-28-62-41-20-13-12-19-39(37)41)68-51(75)42(21-14-23-61-56(58)59)65-52(76)43(24-35-15-8-6-9-16-35)67-54(78)45(27-38-29-60-32-63-38)66-49(73)33(2)64-50(40)74/h6,8-9,12-13,15-16,19-20,28-29,32-33,36,40,42-48,62H,4-5,7,10-11,14,17-18,21-27,30-31H2,1-3H3,(H,60,63)(H,64,74)(H,65,76)(H,66,73)(H,67,78)(H,68,75)(H,69,77)(H,70,80)(H4,58,59,61)/t33-,40-,42+,43-,44+,45+,46+,47+,48+/m1/s1. The average Bonchev–Trinajstić information content (AvgIpc) is 4.40. The number of nitrogens with one attached hydrogen (secondary N) is 9. The SMILES string of the molecule is CCCC[C@@H]([C@H]1CSSC[C@@H](C(C)=O)NC(=O)[C@H](Cc2c[nH]c3ccccc23)NC(=O)[C@H](CCCN=C(N)N)NC(=O)[C@@H](Cc2ccccc2)NC(=O)[C@H](Cc2cnc[nH]2)NC(=O)[C@@H](C)NC1=O)N1C(=O)N[C@@H](CC2CCCCC2)C1=O. The summed E-state index contributed by atoms with van der Waals surface area (Å²) in [4.78, 5) is 146. The van der Waals surface area contributed by atoms with Crippen molar-refractivity contribution in [2.75, 3.05) is 18.1 Å². The number of imide groups is 1. The number of para-hydroxylation sites is 1. The molecule has 23 nitrogen and oxygen atoms in total. The molecule has 4 aromatic rings. The van der Waals surface area contributed by atoms with Gasteiger partial charge in [0.05, 0.1) is 24.3 Å². The zero-order chi connectivity index (χ0) is 58.7. The molecule has 1 aliphatic carbocycles. The van der Waals surface area contributed by atoms with Gasteiger partial charge in [0.1, 0.15) is 36.3 Å². The van der Waals surface area contributed by atoms with E-state index in [2.05, 4.69) is 57.2 Å². The van der Waals surface area contributed by atoms with Gasteiger partial charge in [-0.3, -0.25) is 48.2 Å². The van der Waals surface area contributed by atoms with Gasteiger partial charge in [0.2, 0.25) is 35.4 Å². The van der Waals surface area contributed by atoms with Crippen molar-refractivity contribution >= 4 is 91.6 Å². The number of hydrogen-bond acceptors (Lipinski definition) is 13. The van der Waals surface area contributed by atoms with E-state index in [0.717, 1.165) is 43.0 Å². The van der Waals surface area contributed by atoms with Crippen molar-refractivity contribution in [3.63, 3.8) is 0 Å². The van der Waals surface area contributed by atoms with Crippen LogP contribution < -0.4 is 48.7 Å². The molecule has 4 heterocycles. The maximum Gasteiger partial charge on any atom is 0.325 e. The second-order valence-corrected chi connectivity index (χ2v) is 24.0. The van der Waals surface area contributed by atoms with Crippen molar-refractivity contribution in [1.29, 1.82) is 0 Å². The molecule has 3 fully saturated rings. The van der Waals surface area contributed by atoms with Gasteiger partial charge in [-0.15, -0.1) is 0 Å². The van der Waals surface area contributed by atoms with Gasteiger partial charge in [-0.1, -0.05) is 122 Å². The average molecular weight is 1170 g/mol. The zero-order valence-corrected chi connectivity index (χ0v) is 48.3. The van der Waals surface area contributed by atoms with E-state index >= 15 is 0 Å². The van der Waals surface area contributed by atoms with Crippen molar-refractivity contribution < 1.29 is 43.2 Å². The van der Waals surface area contributed by atoms with Gasteiger partial charge in [-0.25, -0.2) is 9.78 Å². The highest BCUT2D eigenvalue weighted by atomic mass is 33.1. The maximum atomic E-state index is 14.9. The molecule has 2 saturated heterocycles. The number of rotatable bonds is 18. The van der Waals surface area contributed by atoms with E-state index in [4.69, 9.17) is 11.5 Å². The summed E-state index contributed by atoms with van der Waals surface area (Å²) in [5.41, 5.74) is 13.8. The van der Waals surface area contributed by atoms with Crippen molar-refractivity contribution in [2.45, 2.75) is 159 Å². The number of amides is 9. The van der Waals surface area contributed by atoms with E-state index in [1.54, 1.807) is 36.5 Å². The van der Waals surface area contributed by atoms with Crippen molar-refractivity contribution in [2.24, 2.45) is 28.3 Å². The number of hydrogen-bond donors (Lipinski definition) is 11. The van der Waals surface area contributed by atoms with Crippen LogP contribution in [0.3, 0.4) is 0 Å². The number of carbonyl (C=O) groups is 9. The molecule has 7 rings (SSSR count). The smallest absolute Gasteiger partial charge is 0.325 e. The Hall–Kier alpha value is -7.41. The molecule has 13 N–H and O–H groups in total. The molecule has 3 aliphatic rings. The van der Waals surface area contributed by atoms with E-state index in [1.807, 2.05) is 31.2 Å². The molecule has 25 heteroatoms. The molecular formula is C57H78N14O9S2. The number of unbranched alkanes of at least 4 members (excludes halogenated alkanes) is 1. The van der Waals surface area contributed by atoms with E-state index < -0.39 is 107 Å². The van der Waals surface area contributed by atoms with Gasteiger partial charge in [0.25, 0.3) is 5.91 Å². The van der Waals surface area contributed by atoms with E-state index in [-0.39, 0.29) is 68.5 Å². The van der Waals surface area contributed by atoms with Crippen LogP contribution in [0.2, 0.25) is 0 Å². The predicted octanol–water partition coefficient (Wildman–Crippen LogP) is 2.95. The third kappa shape index (κ3) is 17.6. The molecule has 0 radical (unpaired) electrons.